The van der Waals surface area contributed by atoms with Crippen LogP contribution in [0.15, 0.2) is 66.7 Å². The third kappa shape index (κ3) is 3.46. The van der Waals surface area contributed by atoms with Crippen LogP contribution in [-0.4, -0.2) is 4.92 Å². The number of benzene rings is 3. The topological polar surface area (TPSA) is 43.1 Å². The first kappa shape index (κ1) is 19.4. The molecule has 0 saturated carbocycles. The van der Waals surface area contributed by atoms with Crippen molar-refractivity contribution in [2.45, 2.75) is 51.4 Å². The first-order valence-corrected chi connectivity index (χ1v) is 10.2. The maximum Gasteiger partial charge on any atom is 0.270 e. The number of nitro benzene ring substituents is 1. The molecule has 0 unspecified atom stereocenters. The molecule has 0 bridgehead atoms. The molecule has 0 spiro atoms. The summed E-state index contributed by atoms with van der Waals surface area (Å²) in [6.45, 7) is 9.22. The molecule has 3 heteroatoms. The second-order valence-corrected chi connectivity index (χ2v) is 9.38. The fourth-order valence-electron chi connectivity index (χ4n) is 4.51. The van der Waals surface area contributed by atoms with Gasteiger partial charge in [0.15, 0.2) is 0 Å². The number of rotatable bonds is 3. The molecule has 0 heterocycles. The van der Waals surface area contributed by atoms with Crippen LogP contribution in [-0.2, 0) is 10.8 Å². The number of hydrogen-bond acceptors (Lipinski definition) is 2. The van der Waals surface area contributed by atoms with Crippen molar-refractivity contribution in [2.75, 3.05) is 0 Å². The van der Waals surface area contributed by atoms with E-state index >= 15 is 0 Å². The molecule has 1 aliphatic rings. The Balaban J connectivity index is 1.95. The number of nitrogens with zero attached hydrogens (tertiary/aromatic N) is 1. The van der Waals surface area contributed by atoms with E-state index in [0.717, 1.165) is 28.7 Å². The Labute approximate surface area is 172 Å². The molecule has 0 aromatic heterocycles. The minimum Gasteiger partial charge on any atom is -0.258 e. The monoisotopic (exact) mass is 385 g/mol. The summed E-state index contributed by atoms with van der Waals surface area (Å²) in [4.78, 5) is 11.1. The highest BCUT2D eigenvalue weighted by molar-refractivity contribution is 5.85. The lowest BCUT2D eigenvalue weighted by Crippen LogP contribution is -2.33. The molecule has 0 amide bonds. The molecule has 0 atom stereocenters. The molecule has 0 radical (unpaired) electrons. The standard InChI is InChI=1S/C26H27NO2/c1-25(2)14-15-26(3,4)24-16-19(10-13-23(24)25)22-17-20(27(28)29)11-12-21(22)18-8-6-5-7-9-18/h5-13,16-17H,14-15H2,1-4H3. The van der Waals surface area contributed by atoms with E-state index in [1.807, 2.05) is 24.3 Å². The van der Waals surface area contributed by atoms with Crippen molar-refractivity contribution in [3.63, 3.8) is 0 Å². The van der Waals surface area contributed by atoms with Gasteiger partial charge in [-0.3, -0.25) is 10.1 Å². The quantitative estimate of drug-likeness (QED) is 0.351. The molecule has 0 N–H and O–H groups in total. The van der Waals surface area contributed by atoms with Crippen molar-refractivity contribution >= 4 is 5.69 Å². The Hall–Kier alpha value is -2.94. The lowest BCUT2D eigenvalue weighted by atomic mass is 9.63. The third-order valence-electron chi connectivity index (χ3n) is 6.46. The Morgan fingerprint density at radius 3 is 2.03 bits per heavy atom. The maximum absolute atomic E-state index is 11.5. The molecule has 3 nitrogen and oxygen atoms in total. The van der Waals surface area contributed by atoms with Crippen LogP contribution in [0, 0.1) is 10.1 Å². The van der Waals surface area contributed by atoms with Crippen LogP contribution in [0.1, 0.15) is 51.7 Å². The Morgan fingerprint density at radius 1 is 0.724 bits per heavy atom. The minimum absolute atomic E-state index is 0.0918. The van der Waals surface area contributed by atoms with E-state index in [0.29, 0.717) is 0 Å². The van der Waals surface area contributed by atoms with Crippen molar-refractivity contribution in [2.24, 2.45) is 0 Å². The largest absolute Gasteiger partial charge is 0.270 e. The molecule has 148 valence electrons. The lowest BCUT2D eigenvalue weighted by Gasteiger charge is -2.42. The maximum atomic E-state index is 11.5. The second-order valence-electron chi connectivity index (χ2n) is 9.38. The van der Waals surface area contributed by atoms with Crippen molar-refractivity contribution in [1.82, 2.24) is 0 Å². The summed E-state index contributed by atoms with van der Waals surface area (Å²) in [6, 6.07) is 21.9. The van der Waals surface area contributed by atoms with Crippen LogP contribution in [0.5, 0.6) is 0 Å². The van der Waals surface area contributed by atoms with Crippen molar-refractivity contribution in [3.05, 3.63) is 88.0 Å². The van der Waals surface area contributed by atoms with E-state index in [4.69, 9.17) is 0 Å². The molecule has 0 fully saturated rings. The summed E-state index contributed by atoms with van der Waals surface area (Å²) >= 11 is 0. The molecule has 0 aliphatic heterocycles. The molecule has 0 saturated heterocycles. The van der Waals surface area contributed by atoms with Crippen molar-refractivity contribution in [1.29, 1.82) is 0 Å². The van der Waals surface area contributed by atoms with E-state index in [-0.39, 0.29) is 21.4 Å². The molecular formula is C26H27NO2. The fraction of sp³-hybridized carbons (Fsp3) is 0.308. The van der Waals surface area contributed by atoms with E-state index in [1.54, 1.807) is 12.1 Å². The minimum atomic E-state index is -0.316. The Morgan fingerprint density at radius 2 is 1.38 bits per heavy atom. The van der Waals surface area contributed by atoms with Crippen LogP contribution in [0.25, 0.3) is 22.3 Å². The summed E-state index contributed by atoms with van der Waals surface area (Å²) < 4.78 is 0. The zero-order chi connectivity index (χ0) is 20.8. The van der Waals surface area contributed by atoms with Crippen LogP contribution in [0.4, 0.5) is 5.69 Å². The third-order valence-corrected chi connectivity index (χ3v) is 6.46. The zero-order valence-electron chi connectivity index (χ0n) is 17.5. The Bertz CT molecular complexity index is 1080. The summed E-state index contributed by atoms with van der Waals surface area (Å²) in [6.07, 6.45) is 2.30. The lowest BCUT2D eigenvalue weighted by molar-refractivity contribution is -0.384. The van der Waals surface area contributed by atoms with Crippen LogP contribution in [0.3, 0.4) is 0 Å². The molecule has 3 aromatic rings. The number of nitro groups is 1. The van der Waals surface area contributed by atoms with E-state index in [2.05, 4.69) is 58.0 Å². The summed E-state index contributed by atoms with van der Waals surface area (Å²) in [5.41, 5.74) is 7.14. The molecular weight excluding hydrogens is 358 g/mol. The van der Waals surface area contributed by atoms with Crippen molar-refractivity contribution in [3.8, 4) is 22.3 Å². The summed E-state index contributed by atoms with van der Waals surface area (Å²) in [7, 11) is 0. The normalized spacial score (nSPS) is 16.8. The molecule has 29 heavy (non-hydrogen) atoms. The number of fused-ring (bicyclic) bond motifs is 1. The van der Waals surface area contributed by atoms with Gasteiger partial charge >= 0.3 is 0 Å². The van der Waals surface area contributed by atoms with Gasteiger partial charge in [0.25, 0.3) is 5.69 Å². The second kappa shape index (κ2) is 6.84. The number of hydrogen-bond donors (Lipinski definition) is 0. The molecule has 3 aromatic carbocycles. The first-order valence-electron chi connectivity index (χ1n) is 10.2. The SMILES string of the molecule is CC1(C)CCC(C)(C)c2cc(-c3cc([N+](=O)[O-])ccc3-c3ccccc3)ccc21. The molecule has 4 rings (SSSR count). The predicted octanol–water partition coefficient (Wildman–Crippen LogP) is 7.28. The predicted molar refractivity (Wildman–Crippen MR) is 119 cm³/mol. The van der Waals surface area contributed by atoms with Crippen LogP contribution >= 0.6 is 0 Å². The van der Waals surface area contributed by atoms with Gasteiger partial charge in [0.1, 0.15) is 0 Å². The van der Waals surface area contributed by atoms with E-state index in [1.165, 1.54) is 17.5 Å². The average Bonchev–Trinajstić information content (AvgIpc) is 2.71. The van der Waals surface area contributed by atoms with Gasteiger partial charge in [-0.1, -0.05) is 76.2 Å². The number of non-ortho nitro benzene ring substituents is 1. The van der Waals surface area contributed by atoms with Gasteiger partial charge in [-0.05, 0) is 63.1 Å². The Kier molecular flexibility index (Phi) is 4.57. The van der Waals surface area contributed by atoms with Gasteiger partial charge in [0, 0.05) is 12.1 Å². The van der Waals surface area contributed by atoms with Gasteiger partial charge in [-0.25, -0.2) is 0 Å². The highest BCUT2D eigenvalue weighted by Gasteiger charge is 2.37. The molecule has 1 aliphatic carbocycles. The summed E-state index contributed by atoms with van der Waals surface area (Å²) in [5, 5.41) is 11.5. The summed E-state index contributed by atoms with van der Waals surface area (Å²) in [5.74, 6) is 0. The fourth-order valence-corrected chi connectivity index (χ4v) is 4.51. The van der Waals surface area contributed by atoms with Crippen molar-refractivity contribution < 1.29 is 4.92 Å². The zero-order valence-corrected chi connectivity index (χ0v) is 17.5. The van der Waals surface area contributed by atoms with Gasteiger partial charge < -0.3 is 0 Å². The van der Waals surface area contributed by atoms with Gasteiger partial charge in [0.2, 0.25) is 0 Å². The van der Waals surface area contributed by atoms with Crippen LogP contribution in [0.2, 0.25) is 0 Å². The van der Waals surface area contributed by atoms with Gasteiger partial charge in [-0.2, -0.15) is 0 Å². The van der Waals surface area contributed by atoms with E-state index < -0.39 is 0 Å². The smallest absolute Gasteiger partial charge is 0.258 e. The van der Waals surface area contributed by atoms with Gasteiger partial charge in [0.05, 0.1) is 4.92 Å². The van der Waals surface area contributed by atoms with E-state index in [9.17, 15) is 10.1 Å². The highest BCUT2D eigenvalue weighted by atomic mass is 16.6. The average molecular weight is 386 g/mol. The van der Waals surface area contributed by atoms with Crippen LogP contribution < -0.4 is 0 Å². The highest BCUT2D eigenvalue weighted by Crippen LogP contribution is 2.47. The van der Waals surface area contributed by atoms with Gasteiger partial charge in [-0.15, -0.1) is 0 Å². The first-order chi connectivity index (χ1) is 13.7.